The van der Waals surface area contributed by atoms with E-state index in [0.717, 1.165) is 71.9 Å². The Bertz CT molecular complexity index is 2830. The molecule has 0 aliphatic heterocycles. The maximum absolute atomic E-state index is 5.32. The SMILES string of the molecule is C=C/C=C(\C(=C/C)c1nc(C2=C(C3=CC=C(C4=CC(c5ccccc5)=CCC4)CC3)CCC=C2)nc(-c2ccccc2)n1)c1ccc(-c2cccc(-c3ccccc3)c2)cc1. The molecule has 0 atom stereocenters. The smallest absolute Gasteiger partial charge is 0.164 e. The highest BCUT2D eigenvalue weighted by atomic mass is 15.0. The van der Waals surface area contributed by atoms with Gasteiger partial charge in [0.05, 0.1) is 0 Å². The van der Waals surface area contributed by atoms with Crippen LogP contribution in [0.3, 0.4) is 0 Å². The van der Waals surface area contributed by atoms with Crippen molar-refractivity contribution in [1.82, 2.24) is 15.0 Å². The summed E-state index contributed by atoms with van der Waals surface area (Å²) in [5.41, 5.74) is 18.0. The third kappa shape index (κ3) is 8.74. The maximum atomic E-state index is 5.32. The zero-order valence-corrected chi connectivity index (χ0v) is 34.8. The summed E-state index contributed by atoms with van der Waals surface area (Å²) in [5, 5.41) is 0. The molecule has 0 amide bonds. The summed E-state index contributed by atoms with van der Waals surface area (Å²) < 4.78 is 0. The van der Waals surface area contributed by atoms with E-state index in [1.807, 2.05) is 24.3 Å². The number of rotatable bonds is 11. The van der Waals surface area contributed by atoms with Crippen LogP contribution in [0, 0.1) is 0 Å². The Morgan fingerprint density at radius 2 is 1.16 bits per heavy atom. The molecular weight excluding hydrogens is 739 g/mol. The zero-order valence-electron chi connectivity index (χ0n) is 34.8. The minimum absolute atomic E-state index is 0.635. The molecule has 0 N–H and O–H groups in total. The van der Waals surface area contributed by atoms with Gasteiger partial charge in [0.15, 0.2) is 17.5 Å². The number of aromatic nitrogens is 3. The Kier molecular flexibility index (Phi) is 11.8. The summed E-state index contributed by atoms with van der Waals surface area (Å²) in [6.45, 7) is 6.18. The first-order chi connectivity index (χ1) is 30.1. The van der Waals surface area contributed by atoms with E-state index in [1.165, 1.54) is 50.1 Å². The van der Waals surface area contributed by atoms with Crippen LogP contribution >= 0.6 is 0 Å². The van der Waals surface area contributed by atoms with Gasteiger partial charge in [-0.05, 0) is 118 Å². The van der Waals surface area contributed by atoms with Gasteiger partial charge in [0, 0.05) is 16.7 Å². The molecule has 61 heavy (non-hydrogen) atoms. The van der Waals surface area contributed by atoms with Crippen LogP contribution in [0.1, 0.15) is 68.2 Å². The molecule has 0 saturated heterocycles. The van der Waals surface area contributed by atoms with Crippen molar-refractivity contribution in [2.24, 2.45) is 0 Å². The molecule has 6 aromatic rings. The van der Waals surface area contributed by atoms with Gasteiger partial charge in [-0.2, -0.15) is 0 Å². The molecule has 0 bridgehead atoms. The van der Waals surface area contributed by atoms with E-state index in [2.05, 4.69) is 183 Å². The van der Waals surface area contributed by atoms with Crippen LogP contribution in [0.4, 0.5) is 0 Å². The summed E-state index contributed by atoms with van der Waals surface area (Å²) >= 11 is 0. The molecule has 3 nitrogen and oxygen atoms in total. The van der Waals surface area contributed by atoms with Gasteiger partial charge in [-0.25, -0.2) is 15.0 Å². The van der Waals surface area contributed by atoms with Crippen molar-refractivity contribution in [3.8, 4) is 33.6 Å². The summed E-state index contributed by atoms with van der Waals surface area (Å²) in [6.07, 6.45) is 26.1. The summed E-state index contributed by atoms with van der Waals surface area (Å²) in [4.78, 5) is 15.7. The Labute approximate surface area is 360 Å². The third-order valence-electron chi connectivity index (χ3n) is 11.8. The monoisotopic (exact) mass is 787 g/mol. The first-order valence-corrected chi connectivity index (χ1v) is 21.5. The molecule has 0 saturated carbocycles. The van der Waals surface area contributed by atoms with Crippen LogP contribution in [-0.4, -0.2) is 15.0 Å². The van der Waals surface area contributed by atoms with E-state index in [9.17, 15) is 0 Å². The minimum Gasteiger partial charge on any atom is -0.208 e. The van der Waals surface area contributed by atoms with Crippen LogP contribution in [0.5, 0.6) is 0 Å². The molecular formula is C58H49N3. The fourth-order valence-corrected chi connectivity index (χ4v) is 8.70. The molecule has 3 aliphatic carbocycles. The largest absolute Gasteiger partial charge is 0.208 e. The lowest BCUT2D eigenvalue weighted by molar-refractivity contribution is 0.851. The molecule has 9 rings (SSSR count). The molecule has 0 radical (unpaired) electrons. The molecule has 0 unspecified atom stereocenters. The van der Waals surface area contributed by atoms with E-state index in [1.54, 1.807) is 0 Å². The zero-order chi connectivity index (χ0) is 41.4. The Hall–Kier alpha value is -7.23. The summed E-state index contributed by atoms with van der Waals surface area (Å²) in [7, 11) is 0. The van der Waals surface area contributed by atoms with Crippen LogP contribution < -0.4 is 0 Å². The van der Waals surface area contributed by atoms with E-state index in [0.29, 0.717) is 17.5 Å². The fourth-order valence-electron chi connectivity index (χ4n) is 8.70. The molecule has 3 aliphatic rings. The van der Waals surface area contributed by atoms with E-state index >= 15 is 0 Å². The molecule has 0 spiro atoms. The van der Waals surface area contributed by atoms with Gasteiger partial charge >= 0.3 is 0 Å². The van der Waals surface area contributed by atoms with Gasteiger partial charge in [0.1, 0.15) is 0 Å². The van der Waals surface area contributed by atoms with Crippen molar-refractivity contribution < 1.29 is 0 Å². The number of hydrogen-bond acceptors (Lipinski definition) is 3. The second kappa shape index (κ2) is 18.4. The van der Waals surface area contributed by atoms with Crippen molar-refractivity contribution in [1.29, 1.82) is 0 Å². The van der Waals surface area contributed by atoms with E-state index in [-0.39, 0.29) is 0 Å². The number of benzene rings is 5. The van der Waals surface area contributed by atoms with Gasteiger partial charge in [-0.1, -0.05) is 195 Å². The molecule has 296 valence electrons. The van der Waals surface area contributed by atoms with Gasteiger partial charge in [0.2, 0.25) is 0 Å². The van der Waals surface area contributed by atoms with Crippen LogP contribution in [0.15, 0.2) is 223 Å². The topological polar surface area (TPSA) is 38.7 Å². The molecule has 0 fully saturated rings. The lowest BCUT2D eigenvalue weighted by Gasteiger charge is -2.24. The minimum atomic E-state index is 0.635. The molecule has 5 aromatic carbocycles. The highest BCUT2D eigenvalue weighted by Gasteiger charge is 2.23. The third-order valence-corrected chi connectivity index (χ3v) is 11.8. The fraction of sp³-hybridized carbons (Fsp3) is 0.121. The number of nitrogens with zero attached hydrogens (tertiary/aromatic N) is 3. The maximum Gasteiger partial charge on any atom is 0.164 e. The summed E-state index contributed by atoms with van der Waals surface area (Å²) in [5.74, 6) is 1.99. The predicted octanol–water partition coefficient (Wildman–Crippen LogP) is 15.1. The van der Waals surface area contributed by atoms with Crippen molar-refractivity contribution >= 4 is 22.3 Å². The summed E-state index contributed by atoms with van der Waals surface area (Å²) in [6, 6.07) is 49.0. The van der Waals surface area contributed by atoms with Crippen molar-refractivity contribution in [3.05, 3.63) is 246 Å². The van der Waals surface area contributed by atoms with Crippen molar-refractivity contribution in [2.75, 3.05) is 0 Å². The van der Waals surface area contributed by atoms with Gasteiger partial charge in [-0.15, -0.1) is 0 Å². The lowest BCUT2D eigenvalue weighted by atomic mass is 9.82. The normalized spacial score (nSPS) is 15.8. The average molecular weight is 788 g/mol. The molecule has 1 aromatic heterocycles. The Balaban J connectivity index is 1.07. The van der Waals surface area contributed by atoms with E-state index < -0.39 is 0 Å². The first kappa shape index (κ1) is 39.2. The highest BCUT2D eigenvalue weighted by molar-refractivity contribution is 6.04. The lowest BCUT2D eigenvalue weighted by Crippen LogP contribution is -2.09. The standard InChI is InChI=1S/C58H49N3/c1-3-18-53(45-35-31-43(32-36-45)50-27-16-25-48(39-50)41-19-8-5-9-20-41)52(4-2)57-59-56(47-23-12-7-13-24-47)60-58(61-57)55-30-15-14-29-54(55)46-37-33-44(34-38-46)51-28-17-26-49(40-51)42-21-10-6-11-22-42/h3-13,15-16,18-27,30-33,35-37,39-40H,1,14,17,28-29,34,38H2,2H3/b52-4+,53-18-. The van der Waals surface area contributed by atoms with Crippen molar-refractivity contribution in [3.63, 3.8) is 0 Å². The second-order valence-corrected chi connectivity index (χ2v) is 15.7. The molecule has 1 heterocycles. The average Bonchev–Trinajstić information content (AvgIpc) is 3.35. The Morgan fingerprint density at radius 1 is 0.541 bits per heavy atom. The number of allylic oxidation sites excluding steroid dienone is 17. The predicted molar refractivity (Wildman–Crippen MR) is 257 cm³/mol. The molecule has 3 heteroatoms. The van der Waals surface area contributed by atoms with Crippen LogP contribution in [-0.2, 0) is 0 Å². The second-order valence-electron chi connectivity index (χ2n) is 15.7. The quantitative estimate of drug-likeness (QED) is 0.123. The highest BCUT2D eigenvalue weighted by Crippen LogP contribution is 2.40. The van der Waals surface area contributed by atoms with Crippen LogP contribution in [0.25, 0.3) is 55.9 Å². The van der Waals surface area contributed by atoms with E-state index in [4.69, 9.17) is 15.0 Å². The van der Waals surface area contributed by atoms with Crippen LogP contribution in [0.2, 0.25) is 0 Å². The first-order valence-electron chi connectivity index (χ1n) is 21.5. The van der Waals surface area contributed by atoms with Gasteiger partial charge in [-0.3, -0.25) is 0 Å². The Morgan fingerprint density at radius 3 is 1.84 bits per heavy atom. The van der Waals surface area contributed by atoms with Gasteiger partial charge in [0.25, 0.3) is 0 Å². The van der Waals surface area contributed by atoms with Gasteiger partial charge < -0.3 is 0 Å². The van der Waals surface area contributed by atoms with Crippen molar-refractivity contribution in [2.45, 2.75) is 45.4 Å². The number of hydrogen-bond donors (Lipinski definition) is 0.